The minimum atomic E-state index is 0.388. The molecule has 128 valence electrons. The normalized spacial score (nSPS) is 21.0. The second kappa shape index (κ2) is 6.64. The second-order valence-electron chi connectivity index (χ2n) is 6.77. The lowest BCUT2D eigenvalue weighted by Gasteiger charge is -2.31. The molecule has 0 saturated heterocycles. The highest BCUT2D eigenvalue weighted by atomic mass is 32.2. The number of aliphatic imine (C=N–C) groups is 1. The molecule has 2 heterocycles. The highest BCUT2D eigenvalue weighted by Crippen LogP contribution is 2.52. The van der Waals surface area contributed by atoms with Gasteiger partial charge in [0.25, 0.3) is 0 Å². The van der Waals surface area contributed by atoms with E-state index in [1.54, 1.807) is 0 Å². The zero-order valence-corrected chi connectivity index (χ0v) is 16.2. The summed E-state index contributed by atoms with van der Waals surface area (Å²) in [7, 11) is 0. The molecule has 0 radical (unpaired) electrons. The summed E-state index contributed by atoms with van der Waals surface area (Å²) in [4.78, 5) is 7.83. The molecule has 2 atom stereocenters. The highest BCUT2D eigenvalue weighted by Gasteiger charge is 2.36. The van der Waals surface area contributed by atoms with Crippen LogP contribution in [0.3, 0.4) is 0 Å². The van der Waals surface area contributed by atoms with E-state index in [1.165, 1.54) is 32.2 Å². The van der Waals surface area contributed by atoms with E-state index in [4.69, 9.17) is 4.99 Å². The van der Waals surface area contributed by atoms with Crippen molar-refractivity contribution in [3.05, 3.63) is 89.5 Å². The van der Waals surface area contributed by atoms with Crippen molar-refractivity contribution in [2.45, 2.75) is 22.0 Å². The largest absolute Gasteiger partial charge is 0.251 e. The summed E-state index contributed by atoms with van der Waals surface area (Å²) in [5.74, 6) is 1.49. The van der Waals surface area contributed by atoms with Gasteiger partial charge in [0.1, 0.15) is 0 Å². The summed E-state index contributed by atoms with van der Waals surface area (Å²) in [6, 6.07) is 26.1. The molecule has 3 aromatic rings. The predicted octanol–water partition coefficient (Wildman–Crippen LogP) is 6.68. The number of hydrogen-bond donors (Lipinski definition) is 0. The fourth-order valence-electron chi connectivity index (χ4n) is 3.82. The summed E-state index contributed by atoms with van der Waals surface area (Å²) in [5, 5.41) is 0.388. The first-order valence-corrected chi connectivity index (χ1v) is 10.8. The second-order valence-corrected chi connectivity index (χ2v) is 9.02. The molecule has 2 aliphatic rings. The molecule has 0 N–H and O–H groups in total. The number of fused-ring (bicyclic) bond motifs is 4. The summed E-state index contributed by atoms with van der Waals surface area (Å²) in [6.07, 6.45) is 0. The van der Waals surface area contributed by atoms with Crippen LogP contribution in [0, 0.1) is 12.8 Å². The van der Waals surface area contributed by atoms with Crippen molar-refractivity contribution in [3.63, 3.8) is 0 Å². The molecule has 3 heteroatoms. The van der Waals surface area contributed by atoms with Crippen LogP contribution in [-0.4, -0.2) is 11.5 Å². The zero-order valence-electron chi connectivity index (χ0n) is 14.6. The summed E-state index contributed by atoms with van der Waals surface area (Å²) in [5.41, 5.74) is 6.48. The van der Waals surface area contributed by atoms with Gasteiger partial charge in [-0.25, -0.2) is 0 Å². The molecule has 0 aromatic heterocycles. The fraction of sp³-hybridized carbons (Fsp3) is 0.174. The van der Waals surface area contributed by atoms with Crippen molar-refractivity contribution in [1.82, 2.24) is 0 Å². The van der Waals surface area contributed by atoms with Gasteiger partial charge in [0.05, 0.1) is 11.4 Å². The van der Waals surface area contributed by atoms with Gasteiger partial charge in [-0.05, 0) is 36.2 Å². The Bertz CT molecular complexity index is 1010. The maximum absolute atomic E-state index is 5.19. The third kappa shape index (κ3) is 2.70. The van der Waals surface area contributed by atoms with Gasteiger partial charge in [-0.15, -0.1) is 23.5 Å². The van der Waals surface area contributed by atoms with Gasteiger partial charge < -0.3 is 0 Å². The molecule has 5 rings (SSSR count). The first-order chi connectivity index (χ1) is 12.8. The smallest absolute Gasteiger partial charge is 0.0769 e. The topological polar surface area (TPSA) is 12.4 Å². The maximum Gasteiger partial charge on any atom is 0.0769 e. The van der Waals surface area contributed by atoms with Crippen LogP contribution >= 0.6 is 23.5 Å². The number of hydrogen-bond acceptors (Lipinski definition) is 3. The van der Waals surface area contributed by atoms with E-state index < -0.39 is 0 Å². The van der Waals surface area contributed by atoms with Gasteiger partial charge >= 0.3 is 0 Å². The van der Waals surface area contributed by atoms with Gasteiger partial charge in [-0.2, -0.15) is 0 Å². The molecule has 0 fully saturated rings. The summed E-state index contributed by atoms with van der Waals surface area (Å²) >= 11 is 3.95. The molecule has 2 aliphatic heterocycles. The van der Waals surface area contributed by atoms with Crippen molar-refractivity contribution in [2.75, 3.05) is 5.75 Å². The Kier molecular flexibility index (Phi) is 4.14. The van der Waals surface area contributed by atoms with Crippen molar-refractivity contribution >= 4 is 34.9 Å². The van der Waals surface area contributed by atoms with Gasteiger partial charge in [-0.1, -0.05) is 54.6 Å². The molecule has 0 amide bonds. The number of rotatable bonds is 1. The Balaban J connectivity index is 1.73. The van der Waals surface area contributed by atoms with E-state index in [0.717, 1.165) is 11.4 Å². The van der Waals surface area contributed by atoms with Crippen molar-refractivity contribution in [2.24, 2.45) is 10.9 Å². The van der Waals surface area contributed by atoms with Crippen LogP contribution in [0.25, 0.3) is 0 Å². The SMILES string of the molecule is Cc1ccccc1C1Sc2ccccc2N=C2c3ccccc3SCC21. The van der Waals surface area contributed by atoms with Gasteiger partial charge in [-0.3, -0.25) is 4.99 Å². The molecule has 26 heavy (non-hydrogen) atoms. The van der Waals surface area contributed by atoms with Crippen LogP contribution in [-0.2, 0) is 0 Å². The highest BCUT2D eigenvalue weighted by molar-refractivity contribution is 8.00. The lowest BCUT2D eigenvalue weighted by Crippen LogP contribution is -2.27. The first-order valence-electron chi connectivity index (χ1n) is 8.93. The summed E-state index contributed by atoms with van der Waals surface area (Å²) in [6.45, 7) is 2.23. The lowest BCUT2D eigenvalue weighted by atomic mass is 9.89. The number of thioether (sulfide) groups is 2. The Hall–Kier alpha value is -1.97. The molecule has 0 spiro atoms. The Morgan fingerprint density at radius 1 is 0.846 bits per heavy atom. The number of nitrogens with zero attached hydrogens (tertiary/aromatic N) is 1. The standard InChI is InChI=1S/C23H19NS2/c1-15-8-2-3-9-16(15)23-18-14-25-20-12-6-4-10-17(20)22(18)24-19-11-5-7-13-21(19)26-23/h2-13,18,23H,14H2,1H3. The van der Waals surface area contributed by atoms with Crippen LogP contribution in [0.1, 0.15) is 21.9 Å². The lowest BCUT2D eigenvalue weighted by molar-refractivity contribution is 0.751. The molecule has 0 saturated carbocycles. The third-order valence-electron chi connectivity index (χ3n) is 5.15. The quantitative estimate of drug-likeness (QED) is 0.471. The molecular weight excluding hydrogens is 354 g/mol. The van der Waals surface area contributed by atoms with Gasteiger partial charge in [0.2, 0.25) is 0 Å². The first kappa shape index (κ1) is 16.2. The van der Waals surface area contributed by atoms with E-state index in [0.29, 0.717) is 11.2 Å². The molecule has 3 aromatic carbocycles. The van der Waals surface area contributed by atoms with E-state index >= 15 is 0 Å². The van der Waals surface area contributed by atoms with Gasteiger partial charge in [0, 0.05) is 32.3 Å². The van der Waals surface area contributed by atoms with Crippen molar-refractivity contribution in [3.8, 4) is 0 Å². The van der Waals surface area contributed by atoms with E-state index in [2.05, 4.69) is 79.7 Å². The average molecular weight is 374 g/mol. The van der Waals surface area contributed by atoms with E-state index in [9.17, 15) is 0 Å². The minimum absolute atomic E-state index is 0.388. The number of para-hydroxylation sites is 1. The molecule has 1 nitrogen and oxygen atoms in total. The van der Waals surface area contributed by atoms with E-state index in [-0.39, 0.29) is 0 Å². The van der Waals surface area contributed by atoms with Crippen LogP contribution in [0.2, 0.25) is 0 Å². The minimum Gasteiger partial charge on any atom is -0.251 e. The maximum atomic E-state index is 5.19. The Morgan fingerprint density at radius 3 is 2.46 bits per heavy atom. The molecule has 0 bridgehead atoms. The van der Waals surface area contributed by atoms with Crippen LogP contribution in [0.15, 0.2) is 87.6 Å². The van der Waals surface area contributed by atoms with Gasteiger partial charge in [0.15, 0.2) is 0 Å². The van der Waals surface area contributed by atoms with E-state index in [1.807, 2.05) is 23.5 Å². The van der Waals surface area contributed by atoms with Crippen molar-refractivity contribution in [1.29, 1.82) is 0 Å². The number of aryl methyl sites for hydroxylation is 1. The zero-order chi connectivity index (χ0) is 17.5. The predicted molar refractivity (Wildman–Crippen MR) is 113 cm³/mol. The number of benzene rings is 3. The molecule has 0 aliphatic carbocycles. The van der Waals surface area contributed by atoms with Crippen molar-refractivity contribution < 1.29 is 0 Å². The fourth-order valence-corrected chi connectivity index (χ4v) is 6.60. The Labute approximate surface area is 163 Å². The Morgan fingerprint density at radius 2 is 1.58 bits per heavy atom. The van der Waals surface area contributed by atoms with Crippen LogP contribution < -0.4 is 0 Å². The average Bonchev–Trinajstić information content (AvgIpc) is 2.85. The molecule has 2 unspecified atom stereocenters. The third-order valence-corrected chi connectivity index (χ3v) is 7.78. The monoisotopic (exact) mass is 373 g/mol. The van der Waals surface area contributed by atoms with Crippen LogP contribution in [0.4, 0.5) is 5.69 Å². The summed E-state index contributed by atoms with van der Waals surface area (Å²) < 4.78 is 0. The molecular formula is C23H19NS2. The van der Waals surface area contributed by atoms with Crippen LogP contribution in [0.5, 0.6) is 0 Å².